The Labute approximate surface area is 89.0 Å². The molecule has 0 spiro atoms. The third kappa shape index (κ3) is 4.31. The molecule has 0 amide bonds. The highest BCUT2D eigenvalue weighted by atomic mass is 16.5. The van der Waals surface area contributed by atoms with Crippen molar-refractivity contribution in [1.29, 1.82) is 0 Å². The highest BCUT2D eigenvalue weighted by molar-refractivity contribution is 5.85. The first kappa shape index (κ1) is 11.3. The molecule has 3 nitrogen and oxygen atoms in total. The van der Waals surface area contributed by atoms with Crippen LogP contribution in [0.15, 0.2) is 30.3 Å². The van der Waals surface area contributed by atoms with Gasteiger partial charge in [0.25, 0.3) is 0 Å². The summed E-state index contributed by atoms with van der Waals surface area (Å²) in [6.07, 6.45) is 3.63. The molecule has 0 saturated carbocycles. The van der Waals surface area contributed by atoms with Crippen molar-refractivity contribution in [1.82, 2.24) is 0 Å². The van der Waals surface area contributed by atoms with Gasteiger partial charge in [-0.25, -0.2) is 4.79 Å². The third-order valence-corrected chi connectivity index (χ3v) is 1.77. The molecule has 0 aromatic heterocycles. The molecule has 3 heteroatoms. The lowest BCUT2D eigenvalue weighted by molar-refractivity contribution is -0.131. The van der Waals surface area contributed by atoms with Crippen LogP contribution in [0.4, 0.5) is 0 Å². The smallest absolute Gasteiger partial charge is 0.328 e. The van der Waals surface area contributed by atoms with Crippen LogP contribution < -0.4 is 4.74 Å². The summed E-state index contributed by atoms with van der Waals surface area (Å²) in [4.78, 5) is 10.3. The number of aliphatic carboxylic acids is 1. The standard InChI is InChI=1S/C12H14O3/c1-2-9-15-11-6-3-10(4-7-11)5-8-12(13)14/h3-8H,2,9H2,1H3,(H,13,14)/b8-5+. The molecule has 0 heterocycles. The Balaban J connectivity index is 2.60. The molecule has 1 aromatic rings. The van der Waals surface area contributed by atoms with Crippen LogP contribution in [0.5, 0.6) is 5.75 Å². The highest BCUT2D eigenvalue weighted by Crippen LogP contribution is 2.13. The molecular weight excluding hydrogens is 192 g/mol. The third-order valence-electron chi connectivity index (χ3n) is 1.77. The second-order valence-electron chi connectivity index (χ2n) is 3.09. The van der Waals surface area contributed by atoms with Crippen LogP contribution in [0, 0.1) is 0 Å². The second kappa shape index (κ2) is 5.86. The first-order chi connectivity index (χ1) is 7.22. The van der Waals surface area contributed by atoms with Crippen LogP contribution in [0.1, 0.15) is 18.9 Å². The summed E-state index contributed by atoms with van der Waals surface area (Å²) in [5.74, 6) is -0.134. The number of hydrogen-bond acceptors (Lipinski definition) is 2. The average molecular weight is 206 g/mol. The van der Waals surface area contributed by atoms with Crippen LogP contribution in [-0.4, -0.2) is 17.7 Å². The molecule has 80 valence electrons. The molecule has 0 radical (unpaired) electrons. The van der Waals surface area contributed by atoms with Gasteiger partial charge in [0.2, 0.25) is 0 Å². The lowest BCUT2D eigenvalue weighted by Gasteiger charge is -2.03. The van der Waals surface area contributed by atoms with Crippen molar-refractivity contribution in [2.45, 2.75) is 13.3 Å². The molecule has 0 aliphatic rings. The first-order valence-electron chi connectivity index (χ1n) is 4.86. The minimum Gasteiger partial charge on any atom is -0.494 e. The van der Waals surface area contributed by atoms with Gasteiger partial charge in [0.15, 0.2) is 0 Å². The van der Waals surface area contributed by atoms with Gasteiger partial charge in [0.1, 0.15) is 5.75 Å². The SMILES string of the molecule is CCCOc1ccc(/C=C/C(=O)O)cc1. The maximum absolute atomic E-state index is 10.3. The van der Waals surface area contributed by atoms with Gasteiger partial charge < -0.3 is 9.84 Å². The van der Waals surface area contributed by atoms with Crippen molar-refractivity contribution in [2.24, 2.45) is 0 Å². The minimum atomic E-state index is -0.943. The van der Waals surface area contributed by atoms with E-state index < -0.39 is 5.97 Å². The molecular formula is C12H14O3. The van der Waals surface area contributed by atoms with Gasteiger partial charge in [-0.3, -0.25) is 0 Å². The van der Waals surface area contributed by atoms with Crippen molar-refractivity contribution in [3.05, 3.63) is 35.9 Å². The summed E-state index contributed by atoms with van der Waals surface area (Å²) in [5.41, 5.74) is 0.848. The summed E-state index contributed by atoms with van der Waals surface area (Å²) in [6.45, 7) is 2.74. The zero-order chi connectivity index (χ0) is 11.1. The monoisotopic (exact) mass is 206 g/mol. The fraction of sp³-hybridized carbons (Fsp3) is 0.250. The number of hydrogen-bond donors (Lipinski definition) is 1. The Hall–Kier alpha value is -1.77. The molecule has 0 unspecified atom stereocenters. The van der Waals surface area contributed by atoms with E-state index >= 15 is 0 Å². The van der Waals surface area contributed by atoms with Crippen molar-refractivity contribution < 1.29 is 14.6 Å². The van der Waals surface area contributed by atoms with Crippen LogP contribution in [0.3, 0.4) is 0 Å². The van der Waals surface area contributed by atoms with Crippen molar-refractivity contribution in [3.8, 4) is 5.75 Å². The molecule has 0 saturated heterocycles. The zero-order valence-electron chi connectivity index (χ0n) is 8.64. The molecule has 0 fully saturated rings. The minimum absolute atomic E-state index is 0.699. The maximum atomic E-state index is 10.3. The average Bonchev–Trinajstić information content (AvgIpc) is 2.25. The fourth-order valence-corrected chi connectivity index (χ4v) is 1.06. The second-order valence-corrected chi connectivity index (χ2v) is 3.09. The van der Waals surface area contributed by atoms with E-state index in [0.29, 0.717) is 6.61 Å². The Morgan fingerprint density at radius 3 is 2.60 bits per heavy atom. The molecule has 0 aliphatic heterocycles. The topological polar surface area (TPSA) is 46.5 Å². The van der Waals surface area contributed by atoms with Gasteiger partial charge in [-0.2, -0.15) is 0 Å². The van der Waals surface area contributed by atoms with Gasteiger partial charge in [-0.05, 0) is 30.2 Å². The van der Waals surface area contributed by atoms with E-state index in [1.165, 1.54) is 0 Å². The van der Waals surface area contributed by atoms with E-state index in [1.54, 1.807) is 6.08 Å². The van der Waals surface area contributed by atoms with Gasteiger partial charge in [0.05, 0.1) is 6.61 Å². The predicted octanol–water partition coefficient (Wildman–Crippen LogP) is 2.57. The number of carboxylic acid groups (broad SMARTS) is 1. The van der Waals surface area contributed by atoms with E-state index in [-0.39, 0.29) is 0 Å². The fourth-order valence-electron chi connectivity index (χ4n) is 1.06. The summed E-state index contributed by atoms with van der Waals surface area (Å²) >= 11 is 0. The number of carboxylic acids is 1. The Morgan fingerprint density at radius 2 is 2.07 bits per heavy atom. The van der Waals surface area contributed by atoms with Gasteiger partial charge in [-0.1, -0.05) is 19.1 Å². The van der Waals surface area contributed by atoms with Crippen LogP contribution in [0.2, 0.25) is 0 Å². The van der Waals surface area contributed by atoms with Crippen molar-refractivity contribution in [2.75, 3.05) is 6.61 Å². The van der Waals surface area contributed by atoms with E-state index in [0.717, 1.165) is 23.8 Å². The molecule has 0 bridgehead atoms. The Bertz CT molecular complexity index is 338. The number of ether oxygens (including phenoxy) is 1. The number of benzene rings is 1. The number of carbonyl (C=O) groups is 1. The largest absolute Gasteiger partial charge is 0.494 e. The number of rotatable bonds is 5. The first-order valence-corrected chi connectivity index (χ1v) is 4.86. The van der Waals surface area contributed by atoms with Crippen LogP contribution in [-0.2, 0) is 4.79 Å². The maximum Gasteiger partial charge on any atom is 0.328 e. The molecule has 0 aliphatic carbocycles. The van der Waals surface area contributed by atoms with E-state index in [1.807, 2.05) is 31.2 Å². The summed E-state index contributed by atoms with van der Waals surface area (Å²) in [5, 5.41) is 8.43. The van der Waals surface area contributed by atoms with Gasteiger partial charge >= 0.3 is 5.97 Å². The normalized spacial score (nSPS) is 10.5. The molecule has 0 atom stereocenters. The zero-order valence-corrected chi connectivity index (χ0v) is 8.64. The van der Waals surface area contributed by atoms with Gasteiger partial charge in [0, 0.05) is 6.08 Å². The lowest BCUT2D eigenvalue weighted by Crippen LogP contribution is -1.94. The highest BCUT2D eigenvalue weighted by Gasteiger charge is 1.93. The van der Waals surface area contributed by atoms with E-state index in [2.05, 4.69) is 0 Å². The Kier molecular flexibility index (Phi) is 4.41. The molecule has 15 heavy (non-hydrogen) atoms. The van der Waals surface area contributed by atoms with Crippen molar-refractivity contribution >= 4 is 12.0 Å². The molecule has 1 aromatic carbocycles. The van der Waals surface area contributed by atoms with E-state index in [9.17, 15) is 4.79 Å². The summed E-state index contributed by atoms with van der Waals surface area (Å²) in [7, 11) is 0. The summed E-state index contributed by atoms with van der Waals surface area (Å²) in [6, 6.07) is 7.31. The van der Waals surface area contributed by atoms with Crippen LogP contribution in [0.25, 0.3) is 6.08 Å². The predicted molar refractivity (Wildman–Crippen MR) is 58.9 cm³/mol. The summed E-state index contributed by atoms with van der Waals surface area (Å²) < 4.78 is 5.40. The van der Waals surface area contributed by atoms with Crippen LogP contribution >= 0.6 is 0 Å². The molecule has 1 N–H and O–H groups in total. The molecule has 1 rings (SSSR count). The van der Waals surface area contributed by atoms with Crippen molar-refractivity contribution in [3.63, 3.8) is 0 Å². The quantitative estimate of drug-likeness (QED) is 0.753. The van der Waals surface area contributed by atoms with E-state index in [4.69, 9.17) is 9.84 Å². The van der Waals surface area contributed by atoms with Gasteiger partial charge in [-0.15, -0.1) is 0 Å². The lowest BCUT2D eigenvalue weighted by atomic mass is 10.2. The Morgan fingerprint density at radius 1 is 1.40 bits per heavy atom.